The number of hydrogen-bond acceptors (Lipinski definition) is 3. The molecular formula is C10H13NO3S. The highest BCUT2D eigenvalue weighted by atomic mass is 32.2. The van der Waals surface area contributed by atoms with Gasteiger partial charge >= 0.3 is 0 Å². The smallest absolute Gasteiger partial charge is 0.280 e. The zero-order chi connectivity index (χ0) is 11.5. The summed E-state index contributed by atoms with van der Waals surface area (Å²) < 4.78 is 30.5. The zero-order valence-electron chi connectivity index (χ0n) is 8.42. The summed E-state index contributed by atoms with van der Waals surface area (Å²) in [5.74, 6) is 0. The third-order valence-corrected chi connectivity index (χ3v) is 4.00. The molecule has 82 valence electrons. The van der Waals surface area contributed by atoms with Gasteiger partial charge < -0.3 is 0 Å². The van der Waals surface area contributed by atoms with Gasteiger partial charge in [-0.1, -0.05) is 19.1 Å². The van der Waals surface area contributed by atoms with Crippen LogP contribution in [0, 0.1) is 0 Å². The van der Waals surface area contributed by atoms with Crippen molar-refractivity contribution in [2.75, 3.05) is 0 Å². The van der Waals surface area contributed by atoms with Crippen molar-refractivity contribution in [1.29, 1.82) is 0 Å². The van der Waals surface area contributed by atoms with Crippen molar-refractivity contribution in [3.8, 4) is 0 Å². The molecule has 1 unspecified atom stereocenters. The maximum Gasteiger partial charge on any atom is 0.280 e. The Hall–Kier alpha value is -1.20. The number of rotatable bonds is 4. The lowest BCUT2D eigenvalue weighted by atomic mass is 10.0. The molecule has 5 heteroatoms. The molecule has 0 aliphatic heterocycles. The van der Waals surface area contributed by atoms with Crippen LogP contribution in [0.25, 0.3) is 0 Å². The minimum absolute atomic E-state index is 0.187. The fraction of sp³-hybridized carbons (Fsp3) is 0.300. The van der Waals surface area contributed by atoms with Gasteiger partial charge in [-0.05, 0) is 18.6 Å². The summed E-state index contributed by atoms with van der Waals surface area (Å²) >= 11 is 0. The number of aromatic nitrogens is 1. The first-order valence-electron chi connectivity index (χ1n) is 4.50. The summed E-state index contributed by atoms with van der Waals surface area (Å²) in [4.78, 5) is 3.95. The van der Waals surface area contributed by atoms with E-state index in [1.54, 1.807) is 25.1 Å². The van der Waals surface area contributed by atoms with Crippen LogP contribution in [0.3, 0.4) is 0 Å². The summed E-state index contributed by atoms with van der Waals surface area (Å²) in [6.07, 6.45) is 2.88. The molecule has 0 spiro atoms. The molecule has 0 aliphatic carbocycles. The van der Waals surface area contributed by atoms with Crippen LogP contribution in [-0.4, -0.2) is 18.0 Å². The van der Waals surface area contributed by atoms with Crippen molar-refractivity contribution < 1.29 is 13.0 Å². The zero-order valence-corrected chi connectivity index (χ0v) is 9.24. The molecule has 0 saturated heterocycles. The van der Waals surface area contributed by atoms with Crippen molar-refractivity contribution in [1.82, 2.24) is 4.98 Å². The van der Waals surface area contributed by atoms with E-state index in [1.165, 1.54) is 12.3 Å². The van der Waals surface area contributed by atoms with Gasteiger partial charge in [-0.2, -0.15) is 8.42 Å². The summed E-state index contributed by atoms with van der Waals surface area (Å²) in [5, 5.41) is 0. The normalized spacial score (nSPS) is 15.6. The van der Waals surface area contributed by atoms with Gasteiger partial charge in [0.15, 0.2) is 4.75 Å². The van der Waals surface area contributed by atoms with E-state index in [0.717, 1.165) is 0 Å². The van der Waals surface area contributed by atoms with Crippen molar-refractivity contribution in [3.05, 3.63) is 42.7 Å². The molecule has 0 bridgehead atoms. The van der Waals surface area contributed by atoms with E-state index in [0.29, 0.717) is 0 Å². The summed E-state index contributed by atoms with van der Waals surface area (Å²) in [6.45, 7) is 5.12. The Balaban J connectivity index is 3.44. The third-order valence-electron chi connectivity index (χ3n) is 2.41. The molecule has 1 heterocycles. The topological polar surface area (TPSA) is 67.3 Å². The van der Waals surface area contributed by atoms with Crippen LogP contribution in [0.2, 0.25) is 0 Å². The second-order valence-electron chi connectivity index (χ2n) is 3.14. The van der Waals surface area contributed by atoms with E-state index in [9.17, 15) is 13.0 Å². The highest BCUT2D eigenvalue weighted by molar-refractivity contribution is 7.87. The minimum atomic E-state index is -4.26. The Morgan fingerprint density at radius 2 is 2.27 bits per heavy atom. The van der Waals surface area contributed by atoms with Gasteiger partial charge in [0.05, 0.1) is 5.69 Å². The second-order valence-corrected chi connectivity index (χ2v) is 4.82. The monoisotopic (exact) mass is 227 g/mol. The summed E-state index contributed by atoms with van der Waals surface area (Å²) in [7, 11) is -4.26. The lowest BCUT2D eigenvalue weighted by Crippen LogP contribution is -2.33. The predicted molar refractivity (Wildman–Crippen MR) is 58.0 cm³/mol. The molecule has 0 aliphatic rings. The third kappa shape index (κ3) is 1.93. The van der Waals surface area contributed by atoms with E-state index in [1.807, 2.05) is 0 Å². The quantitative estimate of drug-likeness (QED) is 0.628. The minimum Gasteiger partial charge on any atom is -0.285 e. The first-order chi connectivity index (χ1) is 6.98. The van der Waals surface area contributed by atoms with Gasteiger partial charge in [-0.25, -0.2) is 0 Å². The predicted octanol–water partition coefficient (Wildman–Crippen LogP) is 1.76. The van der Waals surface area contributed by atoms with Gasteiger partial charge in [0.1, 0.15) is 0 Å². The molecule has 0 fully saturated rings. The summed E-state index contributed by atoms with van der Waals surface area (Å²) in [6, 6.07) is 4.90. The van der Waals surface area contributed by atoms with Crippen LogP contribution >= 0.6 is 0 Å². The van der Waals surface area contributed by atoms with E-state index < -0.39 is 14.9 Å². The van der Waals surface area contributed by atoms with Crippen molar-refractivity contribution in [2.45, 2.75) is 18.1 Å². The Morgan fingerprint density at radius 3 is 2.60 bits per heavy atom. The molecule has 1 aromatic rings. The van der Waals surface area contributed by atoms with Crippen molar-refractivity contribution in [2.24, 2.45) is 0 Å². The average molecular weight is 227 g/mol. The average Bonchev–Trinajstić information content (AvgIpc) is 2.20. The Morgan fingerprint density at radius 1 is 1.60 bits per heavy atom. The molecule has 1 aromatic heterocycles. The number of nitrogens with zero attached hydrogens (tertiary/aromatic N) is 1. The van der Waals surface area contributed by atoms with Crippen LogP contribution in [0.4, 0.5) is 0 Å². The Bertz CT molecular complexity index is 441. The number of pyridine rings is 1. The van der Waals surface area contributed by atoms with Crippen LogP contribution < -0.4 is 0 Å². The first-order valence-corrected chi connectivity index (χ1v) is 5.94. The van der Waals surface area contributed by atoms with E-state index in [-0.39, 0.29) is 12.1 Å². The van der Waals surface area contributed by atoms with E-state index in [2.05, 4.69) is 11.6 Å². The molecule has 0 amide bonds. The molecule has 0 saturated carbocycles. The summed E-state index contributed by atoms with van der Waals surface area (Å²) in [5.41, 5.74) is 0.282. The molecule has 1 N–H and O–H groups in total. The molecule has 1 atom stereocenters. The molecule has 4 nitrogen and oxygen atoms in total. The van der Waals surface area contributed by atoms with E-state index >= 15 is 0 Å². The fourth-order valence-corrected chi connectivity index (χ4v) is 2.42. The highest BCUT2D eigenvalue weighted by Gasteiger charge is 2.41. The van der Waals surface area contributed by atoms with E-state index in [4.69, 9.17) is 0 Å². The highest BCUT2D eigenvalue weighted by Crippen LogP contribution is 2.32. The Kier molecular flexibility index (Phi) is 3.26. The van der Waals surface area contributed by atoms with Crippen LogP contribution in [0.15, 0.2) is 37.1 Å². The Labute approximate surface area is 89.4 Å². The molecule has 0 aromatic carbocycles. The number of hydrogen-bond donors (Lipinski definition) is 1. The largest absolute Gasteiger partial charge is 0.285 e. The maximum atomic E-state index is 11.4. The molecule has 1 rings (SSSR count). The first kappa shape index (κ1) is 11.9. The van der Waals surface area contributed by atoms with Gasteiger partial charge in [0, 0.05) is 6.20 Å². The lowest BCUT2D eigenvalue weighted by Gasteiger charge is -2.24. The van der Waals surface area contributed by atoms with Gasteiger partial charge in [0.2, 0.25) is 0 Å². The van der Waals surface area contributed by atoms with Crippen molar-refractivity contribution in [3.63, 3.8) is 0 Å². The van der Waals surface area contributed by atoms with Crippen LogP contribution in [-0.2, 0) is 14.9 Å². The molecular weight excluding hydrogens is 214 g/mol. The van der Waals surface area contributed by atoms with Gasteiger partial charge in [-0.3, -0.25) is 9.54 Å². The lowest BCUT2D eigenvalue weighted by molar-refractivity contribution is 0.442. The fourth-order valence-electron chi connectivity index (χ4n) is 1.46. The van der Waals surface area contributed by atoms with Gasteiger partial charge in [-0.15, -0.1) is 6.58 Å². The SMILES string of the molecule is C=CC(CC)(c1ccccn1)S(=O)(=O)O. The molecule has 15 heavy (non-hydrogen) atoms. The van der Waals surface area contributed by atoms with Crippen molar-refractivity contribution >= 4 is 10.1 Å². The standard InChI is InChI=1S/C10H13NO3S/c1-3-10(4-2,15(12,13)14)9-7-5-6-8-11-9/h3,5-8H,1,4H2,2H3,(H,12,13,14). The molecule has 0 radical (unpaired) electrons. The second kappa shape index (κ2) is 4.12. The van der Waals surface area contributed by atoms with Crippen LogP contribution in [0.5, 0.6) is 0 Å². The van der Waals surface area contributed by atoms with Gasteiger partial charge in [0.25, 0.3) is 10.1 Å². The maximum absolute atomic E-state index is 11.4. The van der Waals surface area contributed by atoms with Crippen LogP contribution in [0.1, 0.15) is 19.0 Å².